The fraction of sp³-hybridized carbons (Fsp3) is 0.750. The number of likely N-dealkylation sites (tertiary alicyclic amines) is 1. The van der Waals surface area contributed by atoms with E-state index in [1.807, 2.05) is 7.05 Å². The van der Waals surface area contributed by atoms with Gasteiger partial charge >= 0.3 is 0 Å². The molecule has 2 N–H and O–H groups in total. The maximum atomic E-state index is 4.59. The fourth-order valence-corrected chi connectivity index (χ4v) is 3.81. The molecule has 0 amide bonds. The first-order chi connectivity index (χ1) is 10.7. The van der Waals surface area contributed by atoms with Crippen LogP contribution in [0.4, 0.5) is 0 Å². The predicted octanol–water partition coefficient (Wildman–Crippen LogP) is 1.85. The van der Waals surface area contributed by atoms with Crippen LogP contribution in [-0.4, -0.2) is 48.1 Å². The second-order valence-electron chi connectivity index (χ2n) is 6.43. The Balaban J connectivity index is 1.49. The van der Waals surface area contributed by atoms with E-state index in [0.717, 1.165) is 37.2 Å². The molecule has 0 aromatic carbocycles. The molecule has 122 valence electrons. The predicted molar refractivity (Wildman–Crippen MR) is 92.4 cm³/mol. The first kappa shape index (κ1) is 15.7. The van der Waals surface area contributed by atoms with Crippen molar-refractivity contribution in [2.75, 3.05) is 20.1 Å². The van der Waals surface area contributed by atoms with Crippen molar-refractivity contribution in [3.63, 3.8) is 0 Å². The molecule has 1 saturated carbocycles. The van der Waals surface area contributed by atoms with Crippen LogP contribution in [0.15, 0.2) is 10.4 Å². The lowest BCUT2D eigenvalue weighted by Gasteiger charge is -2.20. The minimum absolute atomic E-state index is 0.494. The summed E-state index contributed by atoms with van der Waals surface area (Å²) in [5.74, 6) is 1.56. The molecule has 22 heavy (non-hydrogen) atoms. The summed E-state index contributed by atoms with van der Waals surface area (Å²) in [4.78, 5) is 11.6. The highest BCUT2D eigenvalue weighted by Gasteiger charge is 2.38. The quantitative estimate of drug-likeness (QED) is 0.642. The summed E-state index contributed by atoms with van der Waals surface area (Å²) in [5.41, 5.74) is 1.10. The van der Waals surface area contributed by atoms with E-state index in [-0.39, 0.29) is 0 Å². The van der Waals surface area contributed by atoms with Gasteiger partial charge in [-0.2, -0.15) is 0 Å². The third-order valence-corrected chi connectivity index (χ3v) is 5.63. The maximum Gasteiger partial charge on any atom is 0.191 e. The number of aliphatic imine (C=N–C) groups is 1. The lowest BCUT2D eigenvalue weighted by Crippen LogP contribution is -2.46. The fourth-order valence-electron chi connectivity index (χ4n) is 3.07. The van der Waals surface area contributed by atoms with Gasteiger partial charge in [0.05, 0.1) is 17.2 Å². The van der Waals surface area contributed by atoms with Crippen LogP contribution < -0.4 is 10.6 Å². The van der Waals surface area contributed by atoms with Crippen LogP contribution >= 0.6 is 11.3 Å². The van der Waals surface area contributed by atoms with Crippen LogP contribution in [0.1, 0.15) is 37.4 Å². The Kier molecular flexibility index (Phi) is 4.98. The van der Waals surface area contributed by atoms with Crippen LogP contribution in [-0.2, 0) is 13.0 Å². The smallest absolute Gasteiger partial charge is 0.191 e. The largest absolute Gasteiger partial charge is 0.352 e. The van der Waals surface area contributed by atoms with Crippen molar-refractivity contribution < 1.29 is 0 Å². The summed E-state index contributed by atoms with van der Waals surface area (Å²) < 4.78 is 0. The molecule has 2 fully saturated rings. The van der Waals surface area contributed by atoms with Crippen molar-refractivity contribution in [2.24, 2.45) is 10.9 Å². The number of rotatable bonds is 5. The Morgan fingerprint density at radius 1 is 1.45 bits per heavy atom. The van der Waals surface area contributed by atoms with Crippen molar-refractivity contribution in [2.45, 2.75) is 51.7 Å². The maximum absolute atomic E-state index is 4.59. The average molecular weight is 321 g/mol. The van der Waals surface area contributed by atoms with E-state index >= 15 is 0 Å². The summed E-state index contributed by atoms with van der Waals surface area (Å²) in [6.07, 6.45) is 3.78. The van der Waals surface area contributed by atoms with Crippen LogP contribution in [0, 0.1) is 5.92 Å². The number of hydrogen-bond acceptors (Lipinski definition) is 4. The topological polar surface area (TPSA) is 52.6 Å². The van der Waals surface area contributed by atoms with Crippen LogP contribution in [0.2, 0.25) is 0 Å². The minimum atomic E-state index is 0.494. The highest BCUT2D eigenvalue weighted by atomic mass is 32.1. The zero-order valence-electron chi connectivity index (χ0n) is 13.8. The first-order valence-electron chi connectivity index (χ1n) is 8.34. The summed E-state index contributed by atoms with van der Waals surface area (Å²) in [5, 5.41) is 10.3. The molecule has 2 aliphatic rings. The molecule has 1 aliphatic heterocycles. The molecule has 0 spiro atoms. The standard InChI is InChI=1S/C16H27N5S/c1-4-15-19-12(10-22-15)7-18-16(17-3)20-14-9-21(8-11(14)2)13-5-6-13/h10-11,13-14H,4-9H2,1-3H3,(H2,17,18,20). The van der Waals surface area contributed by atoms with Gasteiger partial charge in [0, 0.05) is 37.6 Å². The number of nitrogens with one attached hydrogen (secondary N) is 2. The summed E-state index contributed by atoms with van der Waals surface area (Å²) in [7, 11) is 1.84. The molecule has 6 heteroatoms. The summed E-state index contributed by atoms with van der Waals surface area (Å²) >= 11 is 1.73. The molecule has 1 saturated heterocycles. The summed E-state index contributed by atoms with van der Waals surface area (Å²) in [6.45, 7) is 7.57. The van der Waals surface area contributed by atoms with Crippen molar-refractivity contribution in [3.8, 4) is 0 Å². The van der Waals surface area contributed by atoms with Crippen LogP contribution in [0.25, 0.3) is 0 Å². The van der Waals surface area contributed by atoms with Crippen molar-refractivity contribution in [1.82, 2.24) is 20.5 Å². The number of aromatic nitrogens is 1. The number of thiazole rings is 1. The van der Waals surface area contributed by atoms with Crippen molar-refractivity contribution in [1.29, 1.82) is 0 Å². The Morgan fingerprint density at radius 3 is 2.91 bits per heavy atom. The zero-order chi connectivity index (χ0) is 15.5. The molecule has 0 bridgehead atoms. The SMILES string of the molecule is CCc1nc(CNC(=NC)NC2CN(C3CC3)CC2C)cs1. The van der Waals surface area contributed by atoms with E-state index in [0.29, 0.717) is 12.0 Å². The highest BCUT2D eigenvalue weighted by Crippen LogP contribution is 2.31. The van der Waals surface area contributed by atoms with Gasteiger partial charge in [-0.15, -0.1) is 11.3 Å². The van der Waals surface area contributed by atoms with Gasteiger partial charge < -0.3 is 10.6 Å². The second-order valence-corrected chi connectivity index (χ2v) is 7.37. The van der Waals surface area contributed by atoms with Crippen LogP contribution in [0.3, 0.4) is 0 Å². The van der Waals surface area contributed by atoms with Gasteiger partial charge in [0.1, 0.15) is 0 Å². The molecule has 2 unspecified atom stereocenters. The van der Waals surface area contributed by atoms with Gasteiger partial charge in [-0.3, -0.25) is 9.89 Å². The van der Waals surface area contributed by atoms with Crippen molar-refractivity contribution in [3.05, 3.63) is 16.1 Å². The first-order valence-corrected chi connectivity index (χ1v) is 9.22. The zero-order valence-corrected chi connectivity index (χ0v) is 14.6. The van der Waals surface area contributed by atoms with E-state index in [2.05, 4.69) is 44.7 Å². The lowest BCUT2D eigenvalue weighted by atomic mass is 10.1. The molecule has 1 aliphatic carbocycles. The monoisotopic (exact) mass is 321 g/mol. The van der Waals surface area contributed by atoms with E-state index in [4.69, 9.17) is 0 Å². The van der Waals surface area contributed by atoms with Gasteiger partial charge in [0.2, 0.25) is 0 Å². The Morgan fingerprint density at radius 2 is 2.27 bits per heavy atom. The van der Waals surface area contributed by atoms with E-state index in [1.54, 1.807) is 11.3 Å². The van der Waals surface area contributed by atoms with Gasteiger partial charge in [-0.05, 0) is 25.2 Å². The van der Waals surface area contributed by atoms with Gasteiger partial charge in [0.15, 0.2) is 5.96 Å². The highest BCUT2D eigenvalue weighted by molar-refractivity contribution is 7.09. The average Bonchev–Trinajstić information content (AvgIpc) is 3.17. The molecule has 3 rings (SSSR count). The molecule has 2 atom stereocenters. The van der Waals surface area contributed by atoms with Gasteiger partial charge in [-0.1, -0.05) is 13.8 Å². The number of guanidine groups is 1. The second kappa shape index (κ2) is 6.96. The van der Waals surface area contributed by atoms with E-state index in [1.165, 1.54) is 24.4 Å². The molecule has 0 radical (unpaired) electrons. The number of nitrogens with zero attached hydrogens (tertiary/aromatic N) is 3. The van der Waals surface area contributed by atoms with E-state index in [9.17, 15) is 0 Å². The minimum Gasteiger partial charge on any atom is -0.352 e. The molecule has 5 nitrogen and oxygen atoms in total. The lowest BCUT2D eigenvalue weighted by molar-refractivity contribution is 0.315. The Hall–Kier alpha value is -1.14. The summed E-state index contributed by atoms with van der Waals surface area (Å²) in [6, 6.07) is 1.35. The third-order valence-electron chi connectivity index (χ3n) is 4.59. The van der Waals surface area contributed by atoms with Gasteiger partial charge in [0.25, 0.3) is 0 Å². The Labute approximate surface area is 137 Å². The Bertz CT molecular complexity index is 522. The number of aryl methyl sites for hydroxylation is 1. The van der Waals surface area contributed by atoms with E-state index < -0.39 is 0 Å². The molecule has 2 heterocycles. The van der Waals surface area contributed by atoms with Crippen molar-refractivity contribution >= 4 is 17.3 Å². The molecule has 1 aromatic rings. The molecular formula is C16H27N5S. The molecular weight excluding hydrogens is 294 g/mol. The van der Waals surface area contributed by atoms with Crippen LogP contribution in [0.5, 0.6) is 0 Å². The third kappa shape index (κ3) is 3.79. The van der Waals surface area contributed by atoms with Gasteiger partial charge in [-0.25, -0.2) is 4.98 Å². The number of hydrogen-bond donors (Lipinski definition) is 2. The molecule has 1 aromatic heterocycles. The normalized spacial score (nSPS) is 26.4.